The molecule has 0 aromatic carbocycles. The summed E-state index contributed by atoms with van der Waals surface area (Å²) in [6.45, 7) is 4.13. The lowest BCUT2D eigenvalue weighted by atomic mass is 9.48. The Kier molecular flexibility index (Phi) is 4.76. The first-order valence-electron chi connectivity index (χ1n) is 10.4. The number of fused-ring (bicyclic) bond motifs is 5. The van der Waals surface area contributed by atoms with E-state index in [9.17, 15) is 15.0 Å². The zero-order valence-electron chi connectivity index (χ0n) is 15.9. The molecule has 3 fully saturated rings. The van der Waals surface area contributed by atoms with E-state index < -0.39 is 0 Å². The fourth-order valence-electron chi connectivity index (χ4n) is 6.86. The van der Waals surface area contributed by atoms with Gasteiger partial charge in [-0.05, 0) is 66.5 Å². The summed E-state index contributed by atoms with van der Waals surface area (Å²) >= 11 is 0. The van der Waals surface area contributed by atoms with Gasteiger partial charge in [-0.25, -0.2) is 0 Å². The lowest BCUT2D eigenvalue weighted by Gasteiger charge is -2.58. The summed E-state index contributed by atoms with van der Waals surface area (Å²) in [6, 6.07) is 0. The van der Waals surface area contributed by atoms with Crippen LogP contribution in [0, 0.1) is 35.0 Å². The molecule has 0 aromatic heterocycles. The van der Waals surface area contributed by atoms with Gasteiger partial charge in [-0.15, -0.1) is 0 Å². The van der Waals surface area contributed by atoms with Crippen LogP contribution in [0.3, 0.4) is 0 Å². The van der Waals surface area contributed by atoms with E-state index in [1.54, 1.807) is 0 Å². The molecule has 0 amide bonds. The van der Waals surface area contributed by atoms with Crippen LogP contribution in [0.15, 0.2) is 12.2 Å². The van der Waals surface area contributed by atoms with Crippen LogP contribution in [-0.2, 0) is 9.53 Å². The maximum atomic E-state index is 11.8. The van der Waals surface area contributed by atoms with Crippen molar-refractivity contribution in [2.75, 3.05) is 0 Å². The van der Waals surface area contributed by atoms with Gasteiger partial charge >= 0.3 is 5.97 Å². The molecule has 4 nitrogen and oxygen atoms in total. The summed E-state index contributed by atoms with van der Waals surface area (Å²) in [5, 5.41) is 21.1. The third-order valence-electron chi connectivity index (χ3n) is 8.12. The van der Waals surface area contributed by atoms with Crippen molar-refractivity contribution in [1.82, 2.24) is 0 Å². The standard InChI is InChI=1S/C21H31BO4/c1-3-18(25)26-20-13-4-5-15-19(14(13)10-16(20)22)17(24)9-11-8-12(23)6-7-21(11,15)2/h6-7,11-17,19-20,23-24H,3-5,8-10H2,1-2H3/t11?,12-,13-,14?,15?,16?,17-,19?,20+,21-/m0/s1. The van der Waals surface area contributed by atoms with Crippen molar-refractivity contribution in [3.63, 3.8) is 0 Å². The van der Waals surface area contributed by atoms with Gasteiger partial charge in [-0.3, -0.25) is 4.79 Å². The molecule has 3 saturated carbocycles. The van der Waals surface area contributed by atoms with Gasteiger partial charge < -0.3 is 14.9 Å². The summed E-state index contributed by atoms with van der Waals surface area (Å²) < 4.78 is 5.71. The molecule has 5 unspecified atom stereocenters. The van der Waals surface area contributed by atoms with Crippen molar-refractivity contribution in [3.8, 4) is 0 Å². The first-order valence-corrected chi connectivity index (χ1v) is 10.4. The van der Waals surface area contributed by atoms with Crippen molar-refractivity contribution in [3.05, 3.63) is 12.2 Å². The number of aliphatic hydroxyl groups excluding tert-OH is 2. The maximum absolute atomic E-state index is 11.8. The average Bonchev–Trinajstić information content (AvgIpc) is 2.92. The van der Waals surface area contributed by atoms with E-state index in [2.05, 4.69) is 13.0 Å². The van der Waals surface area contributed by atoms with Crippen molar-refractivity contribution in [2.45, 2.75) is 76.5 Å². The van der Waals surface area contributed by atoms with Gasteiger partial charge in [-0.1, -0.05) is 32.4 Å². The van der Waals surface area contributed by atoms with Gasteiger partial charge in [0.2, 0.25) is 0 Å². The van der Waals surface area contributed by atoms with Gasteiger partial charge in [0.05, 0.1) is 26.2 Å². The van der Waals surface area contributed by atoms with Crippen molar-refractivity contribution < 1.29 is 19.7 Å². The highest BCUT2D eigenvalue weighted by Gasteiger charge is 2.59. The summed E-state index contributed by atoms with van der Waals surface area (Å²) in [6.07, 6.45) is 7.98. The lowest BCUT2D eigenvalue weighted by molar-refractivity contribution is -0.156. The topological polar surface area (TPSA) is 66.8 Å². The Morgan fingerprint density at radius 1 is 1.23 bits per heavy atom. The molecule has 0 aromatic rings. The Labute approximate surface area is 157 Å². The number of carbonyl (C=O) groups excluding carboxylic acids is 1. The number of allylic oxidation sites excluding steroid dienone is 1. The Morgan fingerprint density at radius 2 is 2.00 bits per heavy atom. The monoisotopic (exact) mass is 358 g/mol. The van der Waals surface area contributed by atoms with Crippen LogP contribution in [0.2, 0.25) is 5.82 Å². The minimum atomic E-state index is -0.383. The highest BCUT2D eigenvalue weighted by Crippen LogP contribution is 2.63. The molecule has 4 aliphatic carbocycles. The number of hydrogen-bond acceptors (Lipinski definition) is 4. The first kappa shape index (κ1) is 18.6. The van der Waals surface area contributed by atoms with Crippen molar-refractivity contribution >= 4 is 13.8 Å². The van der Waals surface area contributed by atoms with Crippen molar-refractivity contribution in [2.24, 2.45) is 35.0 Å². The van der Waals surface area contributed by atoms with E-state index in [4.69, 9.17) is 12.6 Å². The van der Waals surface area contributed by atoms with Crippen LogP contribution in [-0.4, -0.2) is 42.3 Å². The fraction of sp³-hybridized carbons (Fsp3) is 0.857. The molecule has 10 atom stereocenters. The third-order valence-corrected chi connectivity index (χ3v) is 8.12. The fourth-order valence-corrected chi connectivity index (χ4v) is 6.86. The van der Waals surface area contributed by atoms with Gasteiger partial charge in [0, 0.05) is 6.42 Å². The molecule has 4 rings (SSSR count). The normalized spacial score (nSPS) is 52.7. The number of aliphatic hydroxyl groups is 2. The smallest absolute Gasteiger partial charge is 0.305 e. The van der Waals surface area contributed by atoms with E-state index >= 15 is 0 Å². The number of ether oxygens (including phenoxy) is 1. The summed E-state index contributed by atoms with van der Waals surface area (Å²) in [5.41, 5.74) is 0.0381. The largest absolute Gasteiger partial charge is 0.463 e. The highest BCUT2D eigenvalue weighted by atomic mass is 16.5. The molecular weight excluding hydrogens is 327 g/mol. The van der Waals surface area contributed by atoms with Gasteiger partial charge in [0.15, 0.2) is 0 Å². The molecule has 0 aliphatic heterocycles. The SMILES string of the molecule is [B]C1CC2C3C(CC[C@@H]2[C@H]1OC(=O)CC)[C@@]1(C)C=C[C@H](O)CC1C[C@@H]3O. The van der Waals surface area contributed by atoms with Crippen molar-refractivity contribution in [1.29, 1.82) is 0 Å². The Bertz CT molecular complexity index is 593. The van der Waals surface area contributed by atoms with Gasteiger partial charge in [0.1, 0.15) is 0 Å². The van der Waals surface area contributed by atoms with E-state index in [1.165, 1.54) is 0 Å². The summed E-state index contributed by atoms with van der Waals surface area (Å²) in [4.78, 5) is 11.8. The molecule has 0 saturated heterocycles. The van der Waals surface area contributed by atoms with E-state index in [0.29, 0.717) is 24.2 Å². The van der Waals surface area contributed by atoms with E-state index in [-0.39, 0.29) is 47.3 Å². The number of esters is 1. The second kappa shape index (κ2) is 6.66. The number of rotatable bonds is 2. The van der Waals surface area contributed by atoms with Crippen LogP contribution < -0.4 is 0 Å². The first-order chi connectivity index (χ1) is 12.3. The maximum Gasteiger partial charge on any atom is 0.305 e. The summed E-state index contributed by atoms with van der Waals surface area (Å²) in [5.74, 6) is 1.26. The second-order valence-electron chi connectivity index (χ2n) is 9.32. The molecule has 2 radical (unpaired) electrons. The highest BCUT2D eigenvalue weighted by molar-refractivity contribution is 6.12. The third kappa shape index (κ3) is 2.77. The Hall–Kier alpha value is -0.805. The molecular formula is C21H31BO4. The quantitative estimate of drug-likeness (QED) is 0.452. The molecule has 0 heterocycles. The zero-order chi connectivity index (χ0) is 18.6. The minimum absolute atomic E-state index is 0.0381. The second-order valence-corrected chi connectivity index (χ2v) is 9.32. The Balaban J connectivity index is 1.60. The lowest BCUT2D eigenvalue weighted by Crippen LogP contribution is -2.55. The van der Waals surface area contributed by atoms with Gasteiger partial charge in [-0.2, -0.15) is 0 Å². The predicted molar refractivity (Wildman–Crippen MR) is 99.5 cm³/mol. The molecule has 4 aliphatic rings. The zero-order valence-corrected chi connectivity index (χ0v) is 15.9. The van der Waals surface area contributed by atoms with E-state index in [1.807, 2.05) is 13.0 Å². The molecule has 0 bridgehead atoms. The van der Waals surface area contributed by atoms with Gasteiger partial charge in [0.25, 0.3) is 0 Å². The Morgan fingerprint density at radius 3 is 2.73 bits per heavy atom. The van der Waals surface area contributed by atoms with E-state index in [0.717, 1.165) is 32.1 Å². The molecule has 26 heavy (non-hydrogen) atoms. The van der Waals surface area contributed by atoms with Crippen LogP contribution >= 0.6 is 0 Å². The van der Waals surface area contributed by atoms with Crippen LogP contribution in [0.1, 0.15) is 52.4 Å². The molecule has 0 spiro atoms. The molecule has 142 valence electrons. The summed E-state index contributed by atoms with van der Waals surface area (Å²) in [7, 11) is 6.39. The minimum Gasteiger partial charge on any atom is -0.463 e. The predicted octanol–water partition coefficient (Wildman–Crippen LogP) is 2.64. The van der Waals surface area contributed by atoms with Crippen LogP contribution in [0.25, 0.3) is 0 Å². The average molecular weight is 358 g/mol. The molecule has 5 heteroatoms. The van der Waals surface area contributed by atoms with Crippen LogP contribution in [0.5, 0.6) is 0 Å². The number of hydrogen-bond donors (Lipinski definition) is 2. The number of carbonyl (C=O) groups is 1. The molecule has 2 N–H and O–H groups in total. The van der Waals surface area contributed by atoms with Crippen LogP contribution in [0.4, 0.5) is 0 Å².